The Balaban J connectivity index is 1.94. The van der Waals surface area contributed by atoms with Gasteiger partial charge in [0.25, 0.3) is 5.91 Å². The fourth-order valence-corrected chi connectivity index (χ4v) is 3.42. The summed E-state index contributed by atoms with van der Waals surface area (Å²) in [5.74, 6) is 1.01. The Kier molecular flexibility index (Phi) is 5.73. The Morgan fingerprint density at radius 2 is 1.64 bits per heavy atom. The largest absolute Gasteiger partial charge is 0.493 e. The quantitative estimate of drug-likeness (QED) is 0.672. The molecule has 1 aromatic heterocycles. The second kappa shape index (κ2) is 8.21. The van der Waals surface area contributed by atoms with Gasteiger partial charge in [-0.3, -0.25) is 4.79 Å². The normalized spacial score (nSPS) is 10.7. The summed E-state index contributed by atoms with van der Waals surface area (Å²) >= 11 is 0. The number of carbonyl (C=O) groups excluding carboxylic acids is 1. The summed E-state index contributed by atoms with van der Waals surface area (Å²) < 4.78 is 12.9. The van der Waals surface area contributed by atoms with Gasteiger partial charge in [0.1, 0.15) is 0 Å². The maximum Gasteiger partial charge on any atom is 0.250 e. The molecule has 1 heterocycles. The number of rotatable bonds is 7. The molecule has 0 radical (unpaired) electrons. The van der Waals surface area contributed by atoms with Crippen LogP contribution in [0.15, 0.2) is 48.5 Å². The molecular formula is C23H26N2O3. The first-order valence-corrected chi connectivity index (χ1v) is 9.22. The van der Waals surface area contributed by atoms with Crippen molar-refractivity contribution in [3.63, 3.8) is 0 Å². The molecule has 0 unspecified atom stereocenters. The second-order valence-corrected chi connectivity index (χ2v) is 6.85. The highest BCUT2D eigenvalue weighted by molar-refractivity contribution is 5.95. The number of primary amides is 1. The number of ether oxygens (including phenoxy) is 2. The Hall–Kier alpha value is -3.21. The van der Waals surface area contributed by atoms with E-state index in [1.807, 2.05) is 31.2 Å². The first kappa shape index (κ1) is 19.5. The van der Waals surface area contributed by atoms with Crippen LogP contribution in [0.5, 0.6) is 11.5 Å². The fourth-order valence-electron chi connectivity index (χ4n) is 3.42. The molecule has 28 heavy (non-hydrogen) atoms. The summed E-state index contributed by atoms with van der Waals surface area (Å²) in [5.41, 5.74) is 11.4. The highest BCUT2D eigenvalue weighted by Gasteiger charge is 2.17. The van der Waals surface area contributed by atoms with Gasteiger partial charge in [-0.05, 0) is 49.6 Å². The van der Waals surface area contributed by atoms with Crippen molar-refractivity contribution in [2.75, 3.05) is 14.2 Å². The summed E-state index contributed by atoms with van der Waals surface area (Å²) in [6.07, 6.45) is 0.785. The van der Waals surface area contributed by atoms with Crippen LogP contribution in [0, 0.1) is 13.8 Å². The molecule has 0 bridgehead atoms. The number of benzene rings is 2. The smallest absolute Gasteiger partial charge is 0.250 e. The van der Waals surface area contributed by atoms with Crippen molar-refractivity contribution >= 4 is 5.91 Å². The molecule has 0 saturated carbocycles. The number of hydrogen-bond donors (Lipinski definition) is 1. The van der Waals surface area contributed by atoms with Crippen molar-refractivity contribution in [1.29, 1.82) is 0 Å². The average Bonchev–Trinajstić information content (AvgIpc) is 3.03. The van der Waals surface area contributed by atoms with Gasteiger partial charge in [0, 0.05) is 17.9 Å². The van der Waals surface area contributed by atoms with E-state index in [0.717, 1.165) is 35.5 Å². The van der Waals surface area contributed by atoms with E-state index in [2.05, 4.69) is 35.8 Å². The standard InChI is InChI=1S/C23H26N2O3/c1-15-5-8-18(9-6-15)20-14-19(23(24)26)16(2)25(20)12-11-17-7-10-21(27-3)22(13-17)28-4/h5-10,13-14H,11-12H2,1-4H3,(H2,24,26). The minimum atomic E-state index is -0.407. The lowest BCUT2D eigenvalue weighted by atomic mass is 10.1. The van der Waals surface area contributed by atoms with Crippen molar-refractivity contribution in [2.24, 2.45) is 5.73 Å². The molecule has 0 aliphatic rings. The lowest BCUT2D eigenvalue weighted by molar-refractivity contribution is 0.0999. The monoisotopic (exact) mass is 378 g/mol. The number of methoxy groups -OCH3 is 2. The number of amides is 1. The van der Waals surface area contributed by atoms with Crippen LogP contribution in [0.4, 0.5) is 0 Å². The van der Waals surface area contributed by atoms with Crippen LogP contribution < -0.4 is 15.2 Å². The molecule has 0 fully saturated rings. The minimum absolute atomic E-state index is 0.407. The number of aryl methyl sites for hydroxylation is 2. The molecule has 146 valence electrons. The van der Waals surface area contributed by atoms with Crippen molar-refractivity contribution in [1.82, 2.24) is 4.57 Å². The zero-order valence-electron chi connectivity index (χ0n) is 16.8. The van der Waals surface area contributed by atoms with E-state index in [-0.39, 0.29) is 0 Å². The lowest BCUT2D eigenvalue weighted by Gasteiger charge is -2.14. The zero-order valence-corrected chi connectivity index (χ0v) is 16.8. The highest BCUT2D eigenvalue weighted by Crippen LogP contribution is 2.29. The maximum atomic E-state index is 11.9. The molecule has 0 atom stereocenters. The predicted octanol–water partition coefficient (Wildman–Crippen LogP) is 4.13. The molecule has 0 saturated heterocycles. The number of aromatic nitrogens is 1. The number of nitrogens with two attached hydrogens (primary N) is 1. The molecule has 3 rings (SSSR count). The second-order valence-electron chi connectivity index (χ2n) is 6.85. The molecule has 2 aromatic carbocycles. The van der Waals surface area contributed by atoms with Gasteiger partial charge < -0.3 is 19.8 Å². The van der Waals surface area contributed by atoms with Gasteiger partial charge in [-0.25, -0.2) is 0 Å². The maximum absolute atomic E-state index is 11.9. The van der Waals surface area contributed by atoms with Crippen LogP contribution in [0.2, 0.25) is 0 Å². The van der Waals surface area contributed by atoms with Crippen molar-refractivity contribution < 1.29 is 14.3 Å². The van der Waals surface area contributed by atoms with E-state index in [1.54, 1.807) is 14.2 Å². The van der Waals surface area contributed by atoms with Crippen LogP contribution in [0.25, 0.3) is 11.3 Å². The van der Waals surface area contributed by atoms with Crippen LogP contribution in [0.1, 0.15) is 27.2 Å². The van der Waals surface area contributed by atoms with Gasteiger partial charge in [0.05, 0.1) is 19.8 Å². The number of carbonyl (C=O) groups is 1. The molecular weight excluding hydrogens is 352 g/mol. The zero-order chi connectivity index (χ0) is 20.3. The molecule has 0 spiro atoms. The highest BCUT2D eigenvalue weighted by atomic mass is 16.5. The molecule has 0 aliphatic carbocycles. The van der Waals surface area contributed by atoms with Gasteiger partial charge in [0.2, 0.25) is 0 Å². The van der Waals surface area contributed by atoms with Crippen molar-refractivity contribution in [3.8, 4) is 22.8 Å². The number of hydrogen-bond acceptors (Lipinski definition) is 3. The lowest BCUT2D eigenvalue weighted by Crippen LogP contribution is -2.13. The summed E-state index contributed by atoms with van der Waals surface area (Å²) in [7, 11) is 3.26. The molecule has 1 amide bonds. The van der Waals surface area contributed by atoms with Crippen molar-refractivity contribution in [3.05, 3.63) is 70.9 Å². The third-order valence-electron chi connectivity index (χ3n) is 5.05. The number of nitrogens with zero attached hydrogens (tertiary/aromatic N) is 1. The molecule has 2 N–H and O–H groups in total. The van der Waals surface area contributed by atoms with E-state index in [4.69, 9.17) is 15.2 Å². The fraction of sp³-hybridized carbons (Fsp3) is 0.261. The van der Waals surface area contributed by atoms with Gasteiger partial charge in [-0.2, -0.15) is 0 Å². The van der Waals surface area contributed by atoms with E-state index in [1.165, 1.54) is 5.56 Å². The first-order valence-electron chi connectivity index (χ1n) is 9.22. The summed E-state index contributed by atoms with van der Waals surface area (Å²) in [5, 5.41) is 0. The Morgan fingerprint density at radius 3 is 2.25 bits per heavy atom. The molecule has 0 aliphatic heterocycles. The van der Waals surface area contributed by atoms with Crippen LogP contribution >= 0.6 is 0 Å². The summed E-state index contributed by atoms with van der Waals surface area (Å²) in [6, 6.07) is 16.1. The van der Waals surface area contributed by atoms with Crippen LogP contribution in [-0.2, 0) is 13.0 Å². The SMILES string of the molecule is COc1ccc(CCn2c(-c3ccc(C)cc3)cc(C(N)=O)c2C)cc1OC. The Morgan fingerprint density at radius 1 is 0.964 bits per heavy atom. The van der Waals surface area contributed by atoms with Gasteiger partial charge in [-0.15, -0.1) is 0 Å². The van der Waals surface area contributed by atoms with E-state index in [0.29, 0.717) is 17.1 Å². The molecule has 5 nitrogen and oxygen atoms in total. The minimum Gasteiger partial charge on any atom is -0.493 e. The third-order valence-corrected chi connectivity index (χ3v) is 5.05. The van der Waals surface area contributed by atoms with Gasteiger partial charge >= 0.3 is 0 Å². The molecule has 3 aromatic rings. The van der Waals surface area contributed by atoms with E-state index < -0.39 is 5.91 Å². The summed E-state index contributed by atoms with van der Waals surface area (Å²) in [6.45, 7) is 4.71. The Labute approximate surface area is 165 Å². The molecule has 5 heteroatoms. The van der Waals surface area contributed by atoms with Crippen molar-refractivity contribution in [2.45, 2.75) is 26.8 Å². The average molecular weight is 378 g/mol. The van der Waals surface area contributed by atoms with E-state index >= 15 is 0 Å². The predicted molar refractivity (Wildman–Crippen MR) is 111 cm³/mol. The van der Waals surface area contributed by atoms with Gasteiger partial charge in [0.15, 0.2) is 11.5 Å². The van der Waals surface area contributed by atoms with Crippen LogP contribution in [-0.4, -0.2) is 24.7 Å². The first-order chi connectivity index (χ1) is 13.4. The third kappa shape index (κ3) is 3.88. The van der Waals surface area contributed by atoms with E-state index in [9.17, 15) is 4.79 Å². The topological polar surface area (TPSA) is 66.5 Å². The van der Waals surface area contributed by atoms with Crippen LogP contribution in [0.3, 0.4) is 0 Å². The Bertz CT molecular complexity index is 988. The summed E-state index contributed by atoms with van der Waals surface area (Å²) in [4.78, 5) is 11.9. The van der Waals surface area contributed by atoms with Gasteiger partial charge in [-0.1, -0.05) is 35.9 Å².